The van der Waals surface area contributed by atoms with Gasteiger partial charge in [-0.15, -0.1) is 0 Å². The number of hydrogen-bond donors (Lipinski definition) is 2. The van der Waals surface area contributed by atoms with Gasteiger partial charge < -0.3 is 14.9 Å². The lowest BCUT2D eigenvalue weighted by atomic mass is 9.99. The second-order valence-electron chi connectivity index (χ2n) is 10.4. The van der Waals surface area contributed by atoms with Crippen LogP contribution in [0.3, 0.4) is 0 Å². The van der Waals surface area contributed by atoms with Gasteiger partial charge in [-0.05, 0) is 51.4 Å². The lowest BCUT2D eigenvalue weighted by Crippen LogP contribution is -2.61. The van der Waals surface area contributed by atoms with Gasteiger partial charge in [-0.3, -0.25) is 9.69 Å². The van der Waals surface area contributed by atoms with E-state index >= 15 is 0 Å². The fourth-order valence-corrected chi connectivity index (χ4v) is 8.72. The normalized spacial score (nSPS) is 35.2. The van der Waals surface area contributed by atoms with Crippen molar-refractivity contribution in [2.24, 2.45) is 0 Å². The van der Waals surface area contributed by atoms with Gasteiger partial charge in [0.05, 0.1) is 6.61 Å². The van der Waals surface area contributed by atoms with Crippen LogP contribution in [0.25, 0.3) is 0 Å². The fraction of sp³-hybridized carbons (Fsp3) is 0.818. The highest BCUT2D eigenvalue weighted by Crippen LogP contribution is 2.41. The Morgan fingerprint density at radius 3 is 2.30 bits per heavy atom. The number of carbonyl (C=O) groups excluding carboxylic acids is 1. The van der Waals surface area contributed by atoms with Crippen molar-refractivity contribution in [2.45, 2.75) is 87.5 Å². The largest absolute Gasteiger partial charge is 0.395 e. The number of rotatable bonds is 7. The summed E-state index contributed by atoms with van der Waals surface area (Å²) in [7, 11) is -3.55. The summed E-state index contributed by atoms with van der Waals surface area (Å²) in [6, 6.07) is 1.93. The average Bonchev–Trinajstić information content (AvgIpc) is 3.38. The van der Waals surface area contributed by atoms with Crippen LogP contribution in [-0.2, 0) is 10.2 Å². The lowest BCUT2D eigenvalue weighted by Gasteiger charge is -2.45. The third-order valence-corrected chi connectivity index (χ3v) is 10.4. The van der Waals surface area contributed by atoms with E-state index in [4.69, 9.17) is 4.52 Å². The van der Waals surface area contributed by atoms with Crippen molar-refractivity contribution in [1.82, 2.24) is 24.0 Å². The quantitative estimate of drug-likeness (QED) is 0.590. The molecule has 4 saturated heterocycles. The number of aromatic nitrogens is 1. The molecule has 5 aliphatic rings. The third kappa shape index (κ3) is 3.91. The summed E-state index contributed by atoms with van der Waals surface area (Å²) in [6.07, 6.45) is 7.09. The summed E-state index contributed by atoms with van der Waals surface area (Å²) < 4.78 is 36.1. The van der Waals surface area contributed by atoms with Crippen molar-refractivity contribution in [3.8, 4) is 0 Å². The number of hydrogen-bond acceptors (Lipinski definition) is 7. The van der Waals surface area contributed by atoms with Crippen molar-refractivity contribution in [3.05, 3.63) is 17.5 Å². The molecule has 6 rings (SSSR count). The second-order valence-corrected chi connectivity index (χ2v) is 12.3. The van der Waals surface area contributed by atoms with Crippen molar-refractivity contribution < 1.29 is 22.8 Å². The first kappa shape index (κ1) is 22.0. The summed E-state index contributed by atoms with van der Waals surface area (Å²) in [5, 5.41) is 16.4. The number of aliphatic hydroxyl groups is 1. The van der Waals surface area contributed by atoms with E-state index in [9.17, 15) is 18.3 Å². The Bertz CT molecular complexity index is 983. The first-order valence-corrected chi connectivity index (χ1v) is 13.8. The number of nitrogens with zero attached hydrogens (tertiary/aromatic N) is 4. The Kier molecular flexibility index (Phi) is 5.52. The Hall–Kier alpha value is -1.53. The zero-order valence-corrected chi connectivity index (χ0v) is 19.6. The van der Waals surface area contributed by atoms with Gasteiger partial charge in [-0.25, -0.2) is 0 Å². The number of carbonyl (C=O) groups is 1. The van der Waals surface area contributed by atoms with E-state index in [-0.39, 0.29) is 42.7 Å². The van der Waals surface area contributed by atoms with Crippen LogP contribution in [0.4, 0.5) is 0 Å². The molecule has 2 N–H and O–H groups in total. The van der Waals surface area contributed by atoms with E-state index in [1.807, 2.05) is 0 Å². The lowest BCUT2D eigenvalue weighted by molar-refractivity contribution is 0.0807. The number of fused-ring (bicyclic) bond motifs is 4. The van der Waals surface area contributed by atoms with Gasteiger partial charge in [0.1, 0.15) is 5.76 Å². The molecule has 33 heavy (non-hydrogen) atoms. The van der Waals surface area contributed by atoms with Crippen molar-refractivity contribution >= 4 is 16.1 Å². The molecule has 1 aromatic rings. The van der Waals surface area contributed by atoms with Gasteiger partial charge in [-0.1, -0.05) is 5.16 Å². The van der Waals surface area contributed by atoms with Gasteiger partial charge in [0.25, 0.3) is 16.1 Å². The molecule has 0 aromatic carbocycles. The van der Waals surface area contributed by atoms with Crippen LogP contribution in [0.5, 0.6) is 0 Å². The minimum absolute atomic E-state index is 0.0555. The van der Waals surface area contributed by atoms with E-state index in [1.54, 1.807) is 14.7 Å². The molecule has 4 aliphatic heterocycles. The van der Waals surface area contributed by atoms with Crippen LogP contribution in [0.15, 0.2) is 10.6 Å². The predicted molar refractivity (Wildman–Crippen MR) is 119 cm³/mol. The molecule has 182 valence electrons. The maximum atomic E-state index is 13.7. The van der Waals surface area contributed by atoms with Gasteiger partial charge in [0.2, 0.25) is 0 Å². The zero-order chi connectivity index (χ0) is 22.7. The summed E-state index contributed by atoms with van der Waals surface area (Å²) in [5.41, 5.74) is 0.315. The van der Waals surface area contributed by atoms with Crippen LogP contribution < -0.4 is 5.32 Å². The monoisotopic (exact) mass is 479 g/mol. The minimum atomic E-state index is -3.55. The maximum absolute atomic E-state index is 13.7. The smallest absolute Gasteiger partial charge is 0.282 e. The highest BCUT2D eigenvalue weighted by Gasteiger charge is 2.51. The van der Waals surface area contributed by atoms with Gasteiger partial charge in [0.15, 0.2) is 5.69 Å². The van der Waals surface area contributed by atoms with Crippen LogP contribution in [0.2, 0.25) is 0 Å². The van der Waals surface area contributed by atoms with E-state index in [0.29, 0.717) is 44.1 Å². The number of nitrogens with one attached hydrogen (secondary N) is 1. The number of piperidine rings is 1. The van der Waals surface area contributed by atoms with Crippen LogP contribution in [0.1, 0.15) is 73.5 Å². The van der Waals surface area contributed by atoms with E-state index in [2.05, 4.69) is 15.4 Å². The second kappa shape index (κ2) is 8.30. The minimum Gasteiger partial charge on any atom is -0.395 e. The Labute approximate surface area is 194 Å². The first-order chi connectivity index (χ1) is 15.9. The molecule has 1 aromatic heterocycles. The number of piperazine rings is 1. The van der Waals surface area contributed by atoms with Crippen LogP contribution in [0, 0.1) is 0 Å². The van der Waals surface area contributed by atoms with E-state index in [0.717, 1.165) is 44.3 Å². The molecular formula is C22H33N5O5S. The molecule has 1 saturated carbocycles. The molecule has 5 heterocycles. The van der Waals surface area contributed by atoms with Crippen molar-refractivity contribution in [2.75, 3.05) is 26.2 Å². The molecule has 4 bridgehead atoms. The molecular weight excluding hydrogens is 446 g/mol. The summed E-state index contributed by atoms with van der Waals surface area (Å²) >= 11 is 0. The first-order valence-electron chi connectivity index (χ1n) is 12.4. The highest BCUT2D eigenvalue weighted by molar-refractivity contribution is 7.86. The van der Waals surface area contributed by atoms with Gasteiger partial charge in [-0.2, -0.15) is 17.0 Å². The summed E-state index contributed by atoms with van der Waals surface area (Å²) in [5.74, 6) is 0.959. The van der Waals surface area contributed by atoms with Gasteiger partial charge in [0, 0.05) is 61.8 Å². The molecule has 0 radical (unpaired) electrons. The zero-order valence-electron chi connectivity index (χ0n) is 18.8. The number of amides is 1. The molecule has 10 nitrogen and oxygen atoms in total. The Balaban J connectivity index is 1.11. The molecule has 11 heteroatoms. The molecule has 0 spiro atoms. The van der Waals surface area contributed by atoms with Crippen LogP contribution in [-0.4, -0.2) is 94.5 Å². The molecule has 5 atom stereocenters. The standard InChI is InChI=1S/C22H33N5O5S/c28-8-7-26-18-5-6-19(26)13-25(12-18)33(30,31)27-16-3-4-17(27)10-15(9-16)23-22(29)20-11-21(32-24-20)14-1-2-14/h11,14-19,28H,1-10,12-13H2,(H,23,29)/t15?,16-,17+,18?,19?. The topological polar surface area (TPSA) is 119 Å². The SMILES string of the molecule is O=C(NC1C[C@H]2CC[C@@H](C1)N2S(=O)(=O)N1CC2CCC(C1)N2CCO)c1cc(C2CC2)on1. The number of aliphatic hydroxyl groups excluding tert-OH is 1. The van der Waals surface area contributed by atoms with Crippen molar-refractivity contribution in [3.63, 3.8) is 0 Å². The maximum Gasteiger partial charge on any atom is 0.282 e. The third-order valence-electron chi connectivity index (χ3n) is 8.29. The van der Waals surface area contributed by atoms with E-state index in [1.165, 1.54) is 0 Å². The average molecular weight is 480 g/mol. The van der Waals surface area contributed by atoms with Crippen LogP contribution >= 0.6 is 0 Å². The highest BCUT2D eigenvalue weighted by atomic mass is 32.2. The van der Waals surface area contributed by atoms with E-state index < -0.39 is 10.2 Å². The van der Waals surface area contributed by atoms with Crippen molar-refractivity contribution in [1.29, 1.82) is 0 Å². The Morgan fingerprint density at radius 2 is 1.70 bits per heavy atom. The molecule has 1 amide bonds. The molecule has 5 fully saturated rings. The summed E-state index contributed by atoms with van der Waals surface area (Å²) in [4.78, 5) is 15.0. The molecule has 3 unspecified atom stereocenters. The fourth-order valence-electron chi connectivity index (χ4n) is 6.60. The predicted octanol–water partition coefficient (Wildman–Crippen LogP) is 0.663. The summed E-state index contributed by atoms with van der Waals surface area (Å²) in [6.45, 7) is 1.74. The van der Waals surface area contributed by atoms with Gasteiger partial charge >= 0.3 is 0 Å². The Morgan fingerprint density at radius 1 is 1.06 bits per heavy atom. The molecule has 1 aliphatic carbocycles.